The number of amides is 1. The number of alkyl halides is 3. The van der Waals surface area contributed by atoms with E-state index in [4.69, 9.17) is 27.9 Å². The Kier molecular flexibility index (Phi) is 8.89. The van der Waals surface area contributed by atoms with Crippen molar-refractivity contribution >= 4 is 44.8 Å². The number of hydrogen-bond donors (Lipinski definition) is 2. The molecule has 0 heterocycles. The SMILES string of the molecule is CCOc1ccc(S(=O)(=O)NC(Cc2ccccc2)C(=O)Nc2ccc(Cl)cc2C(F)(F)F)cc1Cl. The first kappa shape index (κ1) is 27.8. The van der Waals surface area contributed by atoms with Crippen molar-refractivity contribution in [3.63, 3.8) is 0 Å². The Balaban J connectivity index is 1.94. The van der Waals surface area contributed by atoms with Gasteiger partial charge in [-0.25, -0.2) is 8.42 Å². The average Bonchev–Trinajstić information content (AvgIpc) is 2.81. The average molecular weight is 561 g/mol. The van der Waals surface area contributed by atoms with Crippen LogP contribution in [0.3, 0.4) is 0 Å². The summed E-state index contributed by atoms with van der Waals surface area (Å²) >= 11 is 11.8. The fourth-order valence-electron chi connectivity index (χ4n) is 3.29. The second kappa shape index (κ2) is 11.5. The van der Waals surface area contributed by atoms with Gasteiger partial charge in [0.1, 0.15) is 11.8 Å². The summed E-state index contributed by atoms with van der Waals surface area (Å²) in [6, 6.07) is 13.6. The van der Waals surface area contributed by atoms with Gasteiger partial charge in [0.25, 0.3) is 0 Å². The van der Waals surface area contributed by atoms with E-state index in [-0.39, 0.29) is 27.1 Å². The van der Waals surface area contributed by atoms with Crippen LogP contribution in [0.4, 0.5) is 18.9 Å². The summed E-state index contributed by atoms with van der Waals surface area (Å²) in [5.74, 6) is -0.716. The molecule has 1 amide bonds. The maximum Gasteiger partial charge on any atom is 0.418 e. The maximum atomic E-state index is 13.5. The van der Waals surface area contributed by atoms with E-state index >= 15 is 0 Å². The van der Waals surface area contributed by atoms with Crippen LogP contribution in [0, 0.1) is 0 Å². The molecule has 3 aromatic carbocycles. The third kappa shape index (κ3) is 7.13. The Morgan fingerprint density at radius 2 is 1.72 bits per heavy atom. The molecule has 0 aliphatic heterocycles. The predicted octanol–water partition coefficient (Wildman–Crippen LogP) is 5.94. The van der Waals surface area contributed by atoms with Gasteiger partial charge in [-0.3, -0.25) is 4.79 Å². The van der Waals surface area contributed by atoms with Crippen molar-refractivity contribution in [2.75, 3.05) is 11.9 Å². The first-order valence-electron chi connectivity index (χ1n) is 10.6. The molecule has 1 atom stereocenters. The number of ether oxygens (including phenoxy) is 1. The van der Waals surface area contributed by atoms with E-state index in [1.807, 2.05) is 0 Å². The zero-order valence-electron chi connectivity index (χ0n) is 18.8. The zero-order valence-corrected chi connectivity index (χ0v) is 21.1. The summed E-state index contributed by atoms with van der Waals surface area (Å²) in [6.07, 6.45) is -4.94. The maximum absolute atomic E-state index is 13.5. The van der Waals surface area contributed by atoms with E-state index < -0.39 is 39.4 Å². The minimum atomic E-state index is -4.80. The van der Waals surface area contributed by atoms with E-state index in [1.54, 1.807) is 37.3 Å². The summed E-state index contributed by atoms with van der Waals surface area (Å²) in [4.78, 5) is 12.9. The molecule has 1 unspecified atom stereocenters. The summed E-state index contributed by atoms with van der Waals surface area (Å²) in [5, 5.41) is 2.05. The van der Waals surface area contributed by atoms with Crippen molar-refractivity contribution < 1.29 is 31.1 Å². The Labute approximate surface area is 216 Å². The normalized spacial score (nSPS) is 12.7. The van der Waals surface area contributed by atoms with E-state index in [1.165, 1.54) is 18.2 Å². The van der Waals surface area contributed by atoms with E-state index in [2.05, 4.69) is 10.0 Å². The van der Waals surface area contributed by atoms with Gasteiger partial charge in [-0.2, -0.15) is 17.9 Å². The van der Waals surface area contributed by atoms with Crippen LogP contribution in [-0.4, -0.2) is 27.0 Å². The Hall–Kier alpha value is -2.79. The highest BCUT2D eigenvalue weighted by atomic mass is 35.5. The molecule has 3 aromatic rings. The molecule has 0 radical (unpaired) electrons. The van der Waals surface area contributed by atoms with Gasteiger partial charge >= 0.3 is 6.18 Å². The highest BCUT2D eigenvalue weighted by molar-refractivity contribution is 7.89. The summed E-state index contributed by atoms with van der Waals surface area (Å²) in [7, 11) is -4.31. The fraction of sp³-hybridized carbons (Fsp3) is 0.208. The van der Waals surface area contributed by atoms with Crippen molar-refractivity contribution in [2.24, 2.45) is 0 Å². The fourth-order valence-corrected chi connectivity index (χ4v) is 4.99. The number of sulfonamides is 1. The molecule has 0 fully saturated rings. The molecule has 0 saturated heterocycles. The van der Waals surface area contributed by atoms with E-state index in [0.717, 1.165) is 12.1 Å². The van der Waals surface area contributed by atoms with Crippen LogP contribution >= 0.6 is 23.2 Å². The van der Waals surface area contributed by atoms with Crippen molar-refractivity contribution in [3.8, 4) is 5.75 Å². The smallest absolute Gasteiger partial charge is 0.418 e. The number of anilines is 1. The van der Waals surface area contributed by atoms with E-state index in [9.17, 15) is 26.4 Å². The van der Waals surface area contributed by atoms with Gasteiger partial charge in [0.05, 0.1) is 27.8 Å². The van der Waals surface area contributed by atoms with Gasteiger partial charge in [-0.1, -0.05) is 53.5 Å². The second-order valence-corrected chi connectivity index (χ2v) is 10.1. The molecule has 12 heteroatoms. The van der Waals surface area contributed by atoms with Gasteiger partial charge < -0.3 is 10.1 Å². The van der Waals surface area contributed by atoms with Gasteiger partial charge in [0.15, 0.2) is 0 Å². The van der Waals surface area contributed by atoms with Crippen LogP contribution < -0.4 is 14.8 Å². The van der Waals surface area contributed by atoms with Crippen molar-refractivity contribution in [1.29, 1.82) is 0 Å². The molecule has 0 aliphatic rings. The van der Waals surface area contributed by atoms with Crippen LogP contribution in [0.1, 0.15) is 18.1 Å². The molecule has 36 heavy (non-hydrogen) atoms. The molecule has 6 nitrogen and oxygen atoms in total. The molecule has 0 spiro atoms. The summed E-state index contributed by atoms with van der Waals surface area (Å²) < 4.78 is 74.3. The van der Waals surface area contributed by atoms with Crippen LogP contribution in [0.15, 0.2) is 71.6 Å². The third-order valence-electron chi connectivity index (χ3n) is 4.95. The summed E-state index contributed by atoms with van der Waals surface area (Å²) in [5.41, 5.74) is -1.14. The zero-order chi connectivity index (χ0) is 26.5. The molecule has 0 bridgehead atoms. The van der Waals surface area contributed by atoms with Gasteiger partial charge in [-0.15, -0.1) is 0 Å². The summed E-state index contributed by atoms with van der Waals surface area (Å²) in [6.45, 7) is 2.05. The molecule has 0 aliphatic carbocycles. The van der Waals surface area contributed by atoms with Gasteiger partial charge in [0.2, 0.25) is 15.9 Å². The second-order valence-electron chi connectivity index (χ2n) is 7.57. The first-order valence-corrected chi connectivity index (χ1v) is 12.8. The van der Waals surface area contributed by atoms with E-state index in [0.29, 0.717) is 18.2 Å². The van der Waals surface area contributed by atoms with Gasteiger partial charge in [0, 0.05) is 5.02 Å². The van der Waals surface area contributed by atoms with Crippen LogP contribution in [0.25, 0.3) is 0 Å². The minimum absolute atomic E-state index is 0.0415. The standard InChI is InChI=1S/C24H21Cl2F3N2O4S/c1-2-35-22-11-9-17(14-19(22)26)36(33,34)31-21(12-15-6-4-3-5-7-15)23(32)30-20-10-8-16(25)13-18(20)24(27,28)29/h3-11,13-14,21,31H,2,12H2,1H3,(H,30,32). The third-order valence-corrected chi connectivity index (χ3v) is 6.95. The molecule has 192 valence electrons. The van der Waals surface area contributed by atoms with Crippen molar-refractivity contribution in [3.05, 3.63) is 87.9 Å². The van der Waals surface area contributed by atoms with Crippen LogP contribution in [-0.2, 0) is 27.4 Å². The highest BCUT2D eigenvalue weighted by Gasteiger charge is 2.35. The van der Waals surface area contributed by atoms with Crippen LogP contribution in [0.2, 0.25) is 10.0 Å². The number of rotatable bonds is 9. The molecular weight excluding hydrogens is 540 g/mol. The van der Waals surface area contributed by atoms with Crippen molar-refractivity contribution in [1.82, 2.24) is 4.72 Å². The number of carbonyl (C=O) groups is 1. The Bertz CT molecular complexity index is 1340. The number of nitrogens with one attached hydrogen (secondary N) is 2. The first-order chi connectivity index (χ1) is 16.9. The predicted molar refractivity (Wildman–Crippen MR) is 132 cm³/mol. The lowest BCUT2D eigenvalue weighted by molar-refractivity contribution is -0.137. The Morgan fingerprint density at radius 1 is 1.03 bits per heavy atom. The topological polar surface area (TPSA) is 84.5 Å². The number of carbonyl (C=O) groups excluding carboxylic acids is 1. The molecule has 3 rings (SSSR count). The lowest BCUT2D eigenvalue weighted by Crippen LogP contribution is -2.45. The monoisotopic (exact) mass is 560 g/mol. The van der Waals surface area contributed by atoms with Crippen molar-refractivity contribution in [2.45, 2.75) is 30.5 Å². The minimum Gasteiger partial charge on any atom is -0.492 e. The molecular formula is C24H21Cl2F3N2O4S. The lowest BCUT2D eigenvalue weighted by Gasteiger charge is -2.21. The highest BCUT2D eigenvalue weighted by Crippen LogP contribution is 2.36. The van der Waals surface area contributed by atoms with Gasteiger partial charge in [-0.05, 0) is 55.3 Å². The lowest BCUT2D eigenvalue weighted by atomic mass is 10.1. The molecule has 2 N–H and O–H groups in total. The largest absolute Gasteiger partial charge is 0.492 e. The number of benzene rings is 3. The Morgan fingerprint density at radius 3 is 2.33 bits per heavy atom. The van der Waals surface area contributed by atoms with Crippen LogP contribution in [0.5, 0.6) is 5.75 Å². The quantitative estimate of drug-likeness (QED) is 0.339. The molecule has 0 aromatic heterocycles. The molecule has 0 saturated carbocycles. The number of hydrogen-bond acceptors (Lipinski definition) is 4. The number of halogens is 5.